The van der Waals surface area contributed by atoms with Crippen molar-refractivity contribution in [3.63, 3.8) is 0 Å². The largest absolute Gasteiger partial charge is 0.385 e. The van der Waals surface area contributed by atoms with E-state index in [1.54, 1.807) is 5.57 Å². The van der Waals surface area contributed by atoms with Crippen LogP contribution in [-0.4, -0.2) is 6.54 Å². The van der Waals surface area contributed by atoms with Gasteiger partial charge in [0.2, 0.25) is 0 Å². The SMILES string of the molecule is Cc1cc(C#N)ccc1NCCC1=CCCCC1. The summed E-state index contributed by atoms with van der Waals surface area (Å²) in [5.74, 6) is 0. The summed E-state index contributed by atoms with van der Waals surface area (Å²) in [6.07, 6.45) is 8.77. The highest BCUT2D eigenvalue weighted by molar-refractivity contribution is 5.54. The number of nitrogens with one attached hydrogen (secondary N) is 1. The van der Waals surface area contributed by atoms with E-state index in [1.165, 1.54) is 25.7 Å². The van der Waals surface area contributed by atoms with E-state index in [2.05, 4.69) is 17.5 Å². The summed E-state index contributed by atoms with van der Waals surface area (Å²) in [5.41, 5.74) is 4.62. The number of hydrogen-bond donors (Lipinski definition) is 1. The lowest BCUT2D eigenvalue weighted by molar-refractivity contribution is 0.679. The van der Waals surface area contributed by atoms with Crippen LogP contribution in [0, 0.1) is 18.3 Å². The molecular weight excluding hydrogens is 220 g/mol. The lowest BCUT2D eigenvalue weighted by Crippen LogP contribution is -2.05. The lowest BCUT2D eigenvalue weighted by Gasteiger charge is -2.14. The van der Waals surface area contributed by atoms with Crippen LogP contribution in [0.2, 0.25) is 0 Å². The van der Waals surface area contributed by atoms with Crippen molar-refractivity contribution < 1.29 is 0 Å². The van der Waals surface area contributed by atoms with Crippen molar-refractivity contribution >= 4 is 5.69 Å². The van der Waals surface area contributed by atoms with Crippen molar-refractivity contribution in [2.45, 2.75) is 39.0 Å². The monoisotopic (exact) mass is 240 g/mol. The smallest absolute Gasteiger partial charge is 0.0991 e. The van der Waals surface area contributed by atoms with Crippen LogP contribution in [0.4, 0.5) is 5.69 Å². The molecular formula is C16H20N2. The Bertz CT molecular complexity index is 480. The van der Waals surface area contributed by atoms with Gasteiger partial charge in [-0.3, -0.25) is 0 Å². The number of nitrogens with zero attached hydrogens (tertiary/aromatic N) is 1. The summed E-state index contributed by atoms with van der Waals surface area (Å²) in [5, 5.41) is 12.3. The summed E-state index contributed by atoms with van der Waals surface area (Å²) in [6, 6.07) is 7.97. The molecule has 0 atom stereocenters. The van der Waals surface area contributed by atoms with E-state index in [0.29, 0.717) is 0 Å². The third-order valence-corrected chi connectivity index (χ3v) is 3.50. The van der Waals surface area contributed by atoms with E-state index in [9.17, 15) is 0 Å². The molecule has 1 aliphatic carbocycles. The van der Waals surface area contributed by atoms with Gasteiger partial charge in [-0.15, -0.1) is 0 Å². The minimum absolute atomic E-state index is 0.730. The molecule has 2 nitrogen and oxygen atoms in total. The van der Waals surface area contributed by atoms with Crippen LogP contribution in [0.5, 0.6) is 0 Å². The molecule has 94 valence electrons. The molecule has 0 saturated heterocycles. The number of aryl methyl sites for hydroxylation is 1. The summed E-state index contributed by atoms with van der Waals surface area (Å²) in [4.78, 5) is 0. The van der Waals surface area contributed by atoms with Crippen LogP contribution < -0.4 is 5.32 Å². The van der Waals surface area contributed by atoms with E-state index >= 15 is 0 Å². The van der Waals surface area contributed by atoms with Gasteiger partial charge in [-0.2, -0.15) is 5.26 Å². The maximum atomic E-state index is 8.82. The third kappa shape index (κ3) is 3.37. The highest BCUT2D eigenvalue weighted by Crippen LogP contribution is 2.21. The summed E-state index contributed by atoms with van der Waals surface area (Å²) >= 11 is 0. The summed E-state index contributed by atoms with van der Waals surface area (Å²) in [7, 11) is 0. The Morgan fingerprint density at radius 2 is 2.22 bits per heavy atom. The molecule has 2 rings (SSSR count). The number of benzene rings is 1. The Morgan fingerprint density at radius 1 is 1.33 bits per heavy atom. The van der Waals surface area contributed by atoms with Crippen molar-refractivity contribution in [3.05, 3.63) is 41.0 Å². The fourth-order valence-corrected chi connectivity index (χ4v) is 2.42. The van der Waals surface area contributed by atoms with Gasteiger partial charge in [0, 0.05) is 12.2 Å². The molecule has 0 spiro atoms. The van der Waals surface area contributed by atoms with E-state index in [4.69, 9.17) is 5.26 Å². The lowest BCUT2D eigenvalue weighted by atomic mass is 9.97. The molecule has 2 heteroatoms. The van der Waals surface area contributed by atoms with Crippen LogP contribution in [0.3, 0.4) is 0 Å². The fourth-order valence-electron chi connectivity index (χ4n) is 2.42. The Kier molecular flexibility index (Phi) is 4.41. The van der Waals surface area contributed by atoms with E-state index in [-0.39, 0.29) is 0 Å². The van der Waals surface area contributed by atoms with Gasteiger partial charge in [0.1, 0.15) is 0 Å². The van der Waals surface area contributed by atoms with Gasteiger partial charge >= 0.3 is 0 Å². The van der Waals surface area contributed by atoms with Crippen LogP contribution >= 0.6 is 0 Å². The first-order valence-corrected chi connectivity index (χ1v) is 6.72. The standard InChI is InChI=1S/C16H20N2/c1-13-11-15(12-17)7-8-16(13)18-10-9-14-5-3-2-4-6-14/h5,7-8,11,18H,2-4,6,9-10H2,1H3. The van der Waals surface area contributed by atoms with Gasteiger partial charge in [-0.1, -0.05) is 11.6 Å². The second-order valence-electron chi connectivity index (χ2n) is 4.93. The fraction of sp³-hybridized carbons (Fsp3) is 0.438. The molecule has 0 fully saturated rings. The average Bonchev–Trinajstić information content (AvgIpc) is 2.42. The Hall–Kier alpha value is -1.75. The molecule has 0 amide bonds. The van der Waals surface area contributed by atoms with Crippen molar-refractivity contribution in [2.24, 2.45) is 0 Å². The first-order chi connectivity index (χ1) is 8.79. The molecule has 0 aromatic heterocycles. The highest BCUT2D eigenvalue weighted by atomic mass is 14.9. The molecule has 1 N–H and O–H groups in total. The highest BCUT2D eigenvalue weighted by Gasteiger charge is 2.04. The number of anilines is 1. The Balaban J connectivity index is 1.87. The van der Waals surface area contributed by atoms with Crippen molar-refractivity contribution in [1.82, 2.24) is 0 Å². The third-order valence-electron chi connectivity index (χ3n) is 3.50. The first kappa shape index (κ1) is 12.7. The van der Waals surface area contributed by atoms with Crippen molar-refractivity contribution in [1.29, 1.82) is 5.26 Å². The van der Waals surface area contributed by atoms with Crippen LogP contribution in [0.25, 0.3) is 0 Å². The minimum atomic E-state index is 0.730. The van der Waals surface area contributed by atoms with E-state index in [1.807, 2.05) is 25.1 Å². The zero-order valence-corrected chi connectivity index (χ0v) is 11.0. The second-order valence-corrected chi connectivity index (χ2v) is 4.93. The van der Waals surface area contributed by atoms with Gasteiger partial charge in [-0.05, 0) is 62.8 Å². The molecule has 0 heterocycles. The molecule has 1 aliphatic rings. The van der Waals surface area contributed by atoms with Crippen LogP contribution in [0.15, 0.2) is 29.8 Å². The Morgan fingerprint density at radius 3 is 2.89 bits per heavy atom. The molecule has 0 radical (unpaired) electrons. The molecule has 0 saturated carbocycles. The molecule has 1 aromatic rings. The molecule has 0 bridgehead atoms. The van der Waals surface area contributed by atoms with Gasteiger partial charge in [0.05, 0.1) is 11.6 Å². The van der Waals surface area contributed by atoms with Gasteiger partial charge in [0.25, 0.3) is 0 Å². The quantitative estimate of drug-likeness (QED) is 0.802. The normalized spacial score (nSPS) is 14.8. The first-order valence-electron chi connectivity index (χ1n) is 6.72. The minimum Gasteiger partial charge on any atom is -0.385 e. The maximum Gasteiger partial charge on any atom is 0.0991 e. The molecule has 0 aliphatic heterocycles. The van der Waals surface area contributed by atoms with Gasteiger partial charge < -0.3 is 5.32 Å². The van der Waals surface area contributed by atoms with Crippen molar-refractivity contribution in [2.75, 3.05) is 11.9 Å². The predicted molar refractivity (Wildman–Crippen MR) is 75.6 cm³/mol. The topological polar surface area (TPSA) is 35.8 Å². The number of hydrogen-bond acceptors (Lipinski definition) is 2. The molecule has 0 unspecified atom stereocenters. The zero-order chi connectivity index (χ0) is 12.8. The van der Waals surface area contributed by atoms with Gasteiger partial charge in [-0.25, -0.2) is 0 Å². The molecule has 18 heavy (non-hydrogen) atoms. The van der Waals surface area contributed by atoms with Crippen LogP contribution in [0.1, 0.15) is 43.2 Å². The van der Waals surface area contributed by atoms with Crippen LogP contribution in [-0.2, 0) is 0 Å². The number of allylic oxidation sites excluding steroid dienone is 1. The summed E-state index contributed by atoms with van der Waals surface area (Å²) < 4.78 is 0. The van der Waals surface area contributed by atoms with E-state index < -0.39 is 0 Å². The van der Waals surface area contributed by atoms with Gasteiger partial charge in [0.15, 0.2) is 0 Å². The second kappa shape index (κ2) is 6.26. The average molecular weight is 240 g/mol. The van der Waals surface area contributed by atoms with E-state index in [0.717, 1.165) is 29.8 Å². The Labute approximate surface area is 109 Å². The maximum absolute atomic E-state index is 8.82. The number of nitriles is 1. The summed E-state index contributed by atoms with van der Waals surface area (Å²) in [6.45, 7) is 3.03. The zero-order valence-electron chi connectivity index (χ0n) is 11.0. The van der Waals surface area contributed by atoms with Crippen molar-refractivity contribution in [3.8, 4) is 6.07 Å². The number of rotatable bonds is 4. The molecule has 1 aromatic carbocycles. The predicted octanol–water partition coefficient (Wildman–Crippen LogP) is 4.17.